The van der Waals surface area contributed by atoms with Crippen LogP contribution < -0.4 is 9.47 Å². The number of hydrogen-bond donors (Lipinski definition) is 1. The second kappa shape index (κ2) is 6.95. The zero-order valence-electron chi connectivity index (χ0n) is 15.1. The number of ether oxygens (including phenoxy) is 2. The Labute approximate surface area is 142 Å². The first kappa shape index (κ1) is 17.8. The summed E-state index contributed by atoms with van der Waals surface area (Å²) in [5.74, 6) is 1.26. The SMILES string of the molecule is COc1ccc(CN(C)C(=O)c2cc(C(C)(C)C)[nH]n2)c(OC)c1. The van der Waals surface area contributed by atoms with E-state index in [1.54, 1.807) is 32.2 Å². The summed E-state index contributed by atoms with van der Waals surface area (Å²) in [6.45, 7) is 6.63. The van der Waals surface area contributed by atoms with Crippen molar-refractivity contribution in [2.45, 2.75) is 32.7 Å². The normalized spacial score (nSPS) is 11.2. The van der Waals surface area contributed by atoms with Crippen LogP contribution in [-0.2, 0) is 12.0 Å². The van der Waals surface area contributed by atoms with Crippen molar-refractivity contribution in [3.63, 3.8) is 0 Å². The number of carbonyl (C=O) groups is 1. The molecule has 6 heteroatoms. The van der Waals surface area contributed by atoms with Crippen LogP contribution in [0.1, 0.15) is 42.5 Å². The van der Waals surface area contributed by atoms with E-state index in [0.29, 0.717) is 23.7 Å². The highest BCUT2D eigenvalue weighted by atomic mass is 16.5. The van der Waals surface area contributed by atoms with Gasteiger partial charge in [0.1, 0.15) is 17.2 Å². The van der Waals surface area contributed by atoms with Crippen molar-refractivity contribution >= 4 is 5.91 Å². The zero-order valence-corrected chi connectivity index (χ0v) is 15.1. The number of rotatable bonds is 5. The molecule has 1 N–H and O–H groups in total. The fourth-order valence-corrected chi connectivity index (χ4v) is 2.32. The van der Waals surface area contributed by atoms with E-state index in [0.717, 1.165) is 11.3 Å². The summed E-state index contributed by atoms with van der Waals surface area (Å²) in [6.07, 6.45) is 0. The van der Waals surface area contributed by atoms with E-state index in [2.05, 4.69) is 31.0 Å². The van der Waals surface area contributed by atoms with Gasteiger partial charge in [0.2, 0.25) is 0 Å². The number of benzene rings is 1. The maximum atomic E-state index is 12.6. The molecule has 1 heterocycles. The molecule has 0 spiro atoms. The molecule has 0 aliphatic rings. The number of amides is 1. The Kier molecular flexibility index (Phi) is 5.17. The molecular formula is C18H25N3O3. The first-order valence-corrected chi connectivity index (χ1v) is 7.78. The van der Waals surface area contributed by atoms with Gasteiger partial charge in [-0.1, -0.05) is 20.8 Å². The number of methoxy groups -OCH3 is 2. The van der Waals surface area contributed by atoms with E-state index < -0.39 is 0 Å². The third kappa shape index (κ3) is 3.88. The highest BCUT2D eigenvalue weighted by molar-refractivity contribution is 5.92. The van der Waals surface area contributed by atoms with E-state index in [4.69, 9.17) is 9.47 Å². The van der Waals surface area contributed by atoms with Gasteiger partial charge in [0, 0.05) is 36.3 Å². The van der Waals surface area contributed by atoms with Gasteiger partial charge in [-0.3, -0.25) is 9.89 Å². The van der Waals surface area contributed by atoms with Crippen LogP contribution >= 0.6 is 0 Å². The lowest BCUT2D eigenvalue weighted by molar-refractivity contribution is 0.0778. The average molecular weight is 331 g/mol. The van der Waals surface area contributed by atoms with Gasteiger partial charge in [0.15, 0.2) is 0 Å². The standard InChI is InChI=1S/C18H25N3O3/c1-18(2,3)16-10-14(19-20-16)17(22)21(4)11-12-7-8-13(23-5)9-15(12)24-6/h7-10H,11H2,1-6H3,(H,19,20). The van der Waals surface area contributed by atoms with Crippen LogP contribution in [-0.4, -0.2) is 42.3 Å². The summed E-state index contributed by atoms with van der Waals surface area (Å²) in [6, 6.07) is 7.36. The topological polar surface area (TPSA) is 67.5 Å². The number of aromatic amines is 1. The minimum Gasteiger partial charge on any atom is -0.497 e. The predicted molar refractivity (Wildman–Crippen MR) is 92.6 cm³/mol. The Hall–Kier alpha value is -2.50. The molecule has 2 rings (SSSR count). The molecule has 1 aromatic carbocycles. The largest absolute Gasteiger partial charge is 0.497 e. The molecule has 0 saturated heterocycles. The minimum atomic E-state index is -0.139. The van der Waals surface area contributed by atoms with Crippen molar-refractivity contribution in [2.24, 2.45) is 0 Å². The second-order valence-corrected chi connectivity index (χ2v) is 6.76. The molecule has 0 saturated carbocycles. The van der Waals surface area contributed by atoms with Crippen LogP contribution in [0.3, 0.4) is 0 Å². The van der Waals surface area contributed by atoms with Crippen LogP contribution in [0, 0.1) is 0 Å². The first-order valence-electron chi connectivity index (χ1n) is 7.78. The molecule has 2 aromatic rings. The number of nitrogens with zero attached hydrogens (tertiary/aromatic N) is 2. The van der Waals surface area contributed by atoms with E-state index in [9.17, 15) is 4.79 Å². The summed E-state index contributed by atoms with van der Waals surface area (Å²) in [4.78, 5) is 14.2. The molecule has 0 radical (unpaired) electrons. The summed E-state index contributed by atoms with van der Waals surface area (Å²) in [5, 5.41) is 7.09. The summed E-state index contributed by atoms with van der Waals surface area (Å²) in [7, 11) is 4.95. The van der Waals surface area contributed by atoms with E-state index >= 15 is 0 Å². The Balaban J connectivity index is 2.16. The number of carbonyl (C=O) groups excluding carboxylic acids is 1. The Morgan fingerprint density at radius 3 is 2.46 bits per heavy atom. The van der Waals surface area contributed by atoms with Crippen LogP contribution in [0.2, 0.25) is 0 Å². The number of H-pyrrole nitrogens is 1. The smallest absolute Gasteiger partial charge is 0.274 e. The van der Waals surface area contributed by atoms with E-state index in [-0.39, 0.29) is 11.3 Å². The maximum absolute atomic E-state index is 12.6. The van der Waals surface area contributed by atoms with Gasteiger partial charge >= 0.3 is 0 Å². The van der Waals surface area contributed by atoms with Crippen molar-refractivity contribution in [1.82, 2.24) is 15.1 Å². The van der Waals surface area contributed by atoms with Gasteiger partial charge in [-0.25, -0.2) is 0 Å². The van der Waals surface area contributed by atoms with Crippen molar-refractivity contribution in [3.8, 4) is 11.5 Å². The van der Waals surface area contributed by atoms with Crippen LogP contribution in [0.25, 0.3) is 0 Å². The lowest BCUT2D eigenvalue weighted by Gasteiger charge is -2.18. The van der Waals surface area contributed by atoms with Gasteiger partial charge in [0.25, 0.3) is 5.91 Å². The molecule has 1 aromatic heterocycles. The van der Waals surface area contributed by atoms with Gasteiger partial charge in [0.05, 0.1) is 14.2 Å². The molecule has 6 nitrogen and oxygen atoms in total. The Bertz CT molecular complexity index is 717. The van der Waals surface area contributed by atoms with Crippen molar-refractivity contribution in [2.75, 3.05) is 21.3 Å². The number of nitrogens with one attached hydrogen (secondary N) is 1. The molecule has 0 bridgehead atoms. The molecular weight excluding hydrogens is 306 g/mol. The monoisotopic (exact) mass is 331 g/mol. The average Bonchev–Trinajstić information content (AvgIpc) is 3.04. The fraction of sp³-hybridized carbons (Fsp3) is 0.444. The Morgan fingerprint density at radius 1 is 1.21 bits per heavy atom. The third-order valence-corrected chi connectivity index (χ3v) is 3.85. The second-order valence-electron chi connectivity index (χ2n) is 6.76. The number of hydrogen-bond acceptors (Lipinski definition) is 4. The maximum Gasteiger partial charge on any atom is 0.274 e. The molecule has 0 aliphatic heterocycles. The van der Waals surface area contributed by atoms with Crippen LogP contribution in [0.4, 0.5) is 0 Å². The van der Waals surface area contributed by atoms with Gasteiger partial charge in [-0.05, 0) is 18.2 Å². The quantitative estimate of drug-likeness (QED) is 0.914. The molecule has 1 amide bonds. The molecule has 24 heavy (non-hydrogen) atoms. The highest BCUT2D eigenvalue weighted by Gasteiger charge is 2.21. The number of aromatic nitrogens is 2. The molecule has 130 valence electrons. The lowest BCUT2D eigenvalue weighted by Crippen LogP contribution is -2.26. The Morgan fingerprint density at radius 2 is 1.92 bits per heavy atom. The zero-order chi connectivity index (χ0) is 17.9. The molecule has 0 unspecified atom stereocenters. The fourth-order valence-electron chi connectivity index (χ4n) is 2.32. The molecule has 0 aliphatic carbocycles. The summed E-state index contributed by atoms with van der Waals surface area (Å²) < 4.78 is 10.6. The summed E-state index contributed by atoms with van der Waals surface area (Å²) >= 11 is 0. The highest BCUT2D eigenvalue weighted by Crippen LogP contribution is 2.26. The van der Waals surface area contributed by atoms with E-state index in [1.807, 2.05) is 18.2 Å². The van der Waals surface area contributed by atoms with Crippen LogP contribution in [0.5, 0.6) is 11.5 Å². The first-order chi connectivity index (χ1) is 11.3. The van der Waals surface area contributed by atoms with Crippen molar-refractivity contribution in [3.05, 3.63) is 41.2 Å². The van der Waals surface area contributed by atoms with Crippen molar-refractivity contribution < 1.29 is 14.3 Å². The van der Waals surface area contributed by atoms with E-state index in [1.165, 1.54) is 0 Å². The van der Waals surface area contributed by atoms with Gasteiger partial charge in [-0.2, -0.15) is 5.10 Å². The predicted octanol–water partition coefficient (Wildman–Crippen LogP) is 3.00. The molecule has 0 fully saturated rings. The van der Waals surface area contributed by atoms with Gasteiger partial charge in [-0.15, -0.1) is 0 Å². The lowest BCUT2D eigenvalue weighted by atomic mass is 9.92. The third-order valence-electron chi connectivity index (χ3n) is 3.85. The van der Waals surface area contributed by atoms with Crippen molar-refractivity contribution in [1.29, 1.82) is 0 Å². The molecule has 0 atom stereocenters. The van der Waals surface area contributed by atoms with Gasteiger partial charge < -0.3 is 14.4 Å². The van der Waals surface area contributed by atoms with Crippen LogP contribution in [0.15, 0.2) is 24.3 Å². The minimum absolute atomic E-state index is 0.0801. The summed E-state index contributed by atoms with van der Waals surface area (Å²) in [5.41, 5.74) is 2.17.